The number of amides is 1. The summed E-state index contributed by atoms with van der Waals surface area (Å²) >= 11 is 12.9. The second kappa shape index (κ2) is 10.8. The van der Waals surface area contributed by atoms with Gasteiger partial charge in [-0.2, -0.15) is 0 Å². The predicted molar refractivity (Wildman–Crippen MR) is 145 cm³/mol. The average molecular weight is 538 g/mol. The number of rotatable bonds is 7. The average Bonchev–Trinajstić information content (AvgIpc) is 3.75. The SMILES string of the molecule is CCOC(=O)/C=C/c1cc(Cl)c(Oc2ncccc2C(=O)N2CCN(C3CC3)c3ccccc32)cc1Cl. The lowest BCUT2D eigenvalue weighted by Gasteiger charge is -2.38. The number of carbonyl (C=O) groups is 2. The minimum absolute atomic E-state index is 0.127. The number of halogens is 2. The third-order valence-electron chi connectivity index (χ3n) is 6.22. The van der Waals surface area contributed by atoms with E-state index in [9.17, 15) is 9.59 Å². The summed E-state index contributed by atoms with van der Waals surface area (Å²) in [5.41, 5.74) is 2.78. The molecule has 1 aliphatic carbocycles. The Hall–Kier alpha value is -3.55. The number of para-hydroxylation sites is 2. The molecule has 37 heavy (non-hydrogen) atoms. The minimum Gasteiger partial charge on any atom is -0.463 e. The number of aromatic nitrogens is 1. The summed E-state index contributed by atoms with van der Waals surface area (Å²) in [7, 11) is 0. The van der Waals surface area contributed by atoms with Gasteiger partial charge >= 0.3 is 5.97 Å². The molecule has 7 nitrogen and oxygen atoms in total. The van der Waals surface area contributed by atoms with Gasteiger partial charge in [0.05, 0.1) is 28.0 Å². The lowest BCUT2D eigenvalue weighted by atomic mass is 10.1. The fourth-order valence-corrected chi connectivity index (χ4v) is 4.77. The van der Waals surface area contributed by atoms with Crippen molar-refractivity contribution in [2.75, 3.05) is 29.5 Å². The van der Waals surface area contributed by atoms with Crippen LogP contribution in [0.1, 0.15) is 35.7 Å². The molecule has 1 aliphatic heterocycles. The van der Waals surface area contributed by atoms with E-state index in [1.165, 1.54) is 31.1 Å². The van der Waals surface area contributed by atoms with Crippen molar-refractivity contribution in [1.82, 2.24) is 4.98 Å². The predicted octanol–water partition coefficient (Wildman–Crippen LogP) is 6.39. The Bertz CT molecular complexity index is 1370. The molecule has 0 N–H and O–H groups in total. The van der Waals surface area contributed by atoms with Crippen LogP contribution in [0.4, 0.5) is 11.4 Å². The van der Waals surface area contributed by atoms with Gasteiger partial charge in [0.15, 0.2) is 0 Å². The standard InChI is InChI=1S/C28H25Cl2N3O4/c1-2-36-26(34)12-9-18-16-22(30)25(17-21(18)29)37-27-20(6-5-13-31-27)28(35)33-15-14-32(19-10-11-19)23-7-3-4-8-24(23)33/h3-9,12-13,16-17,19H,2,10-11,14-15H2,1H3/b12-9+. The summed E-state index contributed by atoms with van der Waals surface area (Å²) in [6.07, 6.45) is 6.71. The van der Waals surface area contributed by atoms with Crippen LogP contribution in [0.15, 0.2) is 60.8 Å². The van der Waals surface area contributed by atoms with Crippen LogP contribution in [-0.2, 0) is 9.53 Å². The molecule has 1 fully saturated rings. The second-order valence-corrected chi connectivity index (χ2v) is 9.53. The van der Waals surface area contributed by atoms with Crippen LogP contribution in [0.25, 0.3) is 6.08 Å². The number of esters is 1. The molecule has 2 aliphatic rings. The molecule has 0 unspecified atom stereocenters. The van der Waals surface area contributed by atoms with Crippen molar-refractivity contribution < 1.29 is 19.1 Å². The fourth-order valence-electron chi connectivity index (χ4n) is 4.34. The van der Waals surface area contributed by atoms with Crippen molar-refractivity contribution in [1.29, 1.82) is 0 Å². The number of hydrogen-bond donors (Lipinski definition) is 0. The van der Waals surface area contributed by atoms with Crippen molar-refractivity contribution in [3.63, 3.8) is 0 Å². The molecule has 2 aromatic carbocycles. The van der Waals surface area contributed by atoms with E-state index < -0.39 is 5.97 Å². The molecule has 1 aromatic heterocycles. The maximum atomic E-state index is 13.7. The van der Waals surface area contributed by atoms with Crippen LogP contribution >= 0.6 is 23.2 Å². The Morgan fingerprint density at radius 2 is 1.84 bits per heavy atom. The summed E-state index contributed by atoms with van der Waals surface area (Å²) < 4.78 is 10.9. The fraction of sp³-hybridized carbons (Fsp3) is 0.250. The van der Waals surface area contributed by atoms with Gasteiger partial charge in [-0.25, -0.2) is 9.78 Å². The van der Waals surface area contributed by atoms with Gasteiger partial charge in [-0.05, 0) is 61.7 Å². The summed E-state index contributed by atoms with van der Waals surface area (Å²) in [4.78, 5) is 33.9. The van der Waals surface area contributed by atoms with E-state index in [0.29, 0.717) is 28.7 Å². The van der Waals surface area contributed by atoms with E-state index in [4.69, 9.17) is 32.7 Å². The number of anilines is 2. The summed E-state index contributed by atoms with van der Waals surface area (Å²) in [5, 5.41) is 0.564. The van der Waals surface area contributed by atoms with Crippen LogP contribution in [0.3, 0.4) is 0 Å². The van der Waals surface area contributed by atoms with E-state index in [2.05, 4.69) is 16.0 Å². The first-order chi connectivity index (χ1) is 18.0. The molecule has 9 heteroatoms. The number of fused-ring (bicyclic) bond motifs is 1. The zero-order valence-electron chi connectivity index (χ0n) is 20.2. The molecular weight excluding hydrogens is 513 g/mol. The molecule has 0 radical (unpaired) electrons. The van der Waals surface area contributed by atoms with Crippen molar-refractivity contribution in [3.8, 4) is 11.6 Å². The quantitative estimate of drug-likeness (QED) is 0.257. The Morgan fingerprint density at radius 3 is 2.59 bits per heavy atom. The van der Waals surface area contributed by atoms with Gasteiger partial charge in [-0.3, -0.25) is 4.79 Å². The largest absolute Gasteiger partial charge is 0.463 e. The van der Waals surface area contributed by atoms with Crippen LogP contribution in [-0.4, -0.2) is 42.6 Å². The Labute approximate surface area is 225 Å². The number of pyridine rings is 1. The summed E-state index contributed by atoms with van der Waals surface area (Å²) in [5.74, 6) is -0.317. The highest BCUT2D eigenvalue weighted by Gasteiger charge is 2.36. The lowest BCUT2D eigenvalue weighted by Crippen LogP contribution is -2.45. The minimum atomic E-state index is -0.480. The van der Waals surface area contributed by atoms with Crippen molar-refractivity contribution in [3.05, 3.63) is 82.0 Å². The van der Waals surface area contributed by atoms with E-state index in [1.54, 1.807) is 36.2 Å². The van der Waals surface area contributed by atoms with Crippen LogP contribution in [0.5, 0.6) is 11.6 Å². The normalized spacial score (nSPS) is 15.0. The summed E-state index contributed by atoms with van der Waals surface area (Å²) in [6, 6.07) is 15.0. The van der Waals surface area contributed by atoms with Gasteiger partial charge in [-0.1, -0.05) is 35.3 Å². The summed E-state index contributed by atoms with van der Waals surface area (Å²) in [6.45, 7) is 3.34. The van der Waals surface area contributed by atoms with Gasteiger partial charge in [0, 0.05) is 37.5 Å². The number of ether oxygens (including phenoxy) is 2. The van der Waals surface area contributed by atoms with Gasteiger partial charge in [0.25, 0.3) is 5.91 Å². The Kier molecular flexibility index (Phi) is 7.35. The third-order valence-corrected chi connectivity index (χ3v) is 6.85. The Balaban J connectivity index is 1.40. The van der Waals surface area contributed by atoms with Gasteiger partial charge < -0.3 is 19.3 Å². The number of carbonyl (C=O) groups excluding carboxylic acids is 2. The molecule has 0 bridgehead atoms. The van der Waals surface area contributed by atoms with Crippen molar-refractivity contribution >= 4 is 52.5 Å². The molecule has 190 valence electrons. The zero-order chi connectivity index (χ0) is 25.9. The molecule has 0 atom stereocenters. The topological polar surface area (TPSA) is 72.0 Å². The molecule has 3 aromatic rings. The third kappa shape index (κ3) is 5.43. The maximum Gasteiger partial charge on any atom is 0.330 e. The van der Waals surface area contributed by atoms with Crippen LogP contribution < -0.4 is 14.5 Å². The highest BCUT2D eigenvalue weighted by atomic mass is 35.5. The number of hydrogen-bond acceptors (Lipinski definition) is 6. The van der Waals surface area contributed by atoms with Crippen molar-refractivity contribution in [2.45, 2.75) is 25.8 Å². The van der Waals surface area contributed by atoms with E-state index in [0.717, 1.165) is 17.9 Å². The monoisotopic (exact) mass is 537 g/mol. The van der Waals surface area contributed by atoms with Gasteiger partial charge in [0.1, 0.15) is 11.3 Å². The number of nitrogens with zero attached hydrogens (tertiary/aromatic N) is 3. The maximum absolute atomic E-state index is 13.7. The zero-order valence-corrected chi connectivity index (χ0v) is 21.7. The van der Waals surface area contributed by atoms with E-state index in [1.807, 2.05) is 18.2 Å². The lowest BCUT2D eigenvalue weighted by molar-refractivity contribution is -0.137. The smallest absolute Gasteiger partial charge is 0.330 e. The molecule has 1 saturated carbocycles. The molecule has 1 amide bonds. The highest BCUT2D eigenvalue weighted by Crippen LogP contribution is 2.41. The van der Waals surface area contributed by atoms with Crippen molar-refractivity contribution in [2.24, 2.45) is 0 Å². The first-order valence-corrected chi connectivity index (χ1v) is 12.9. The Morgan fingerprint density at radius 1 is 1.05 bits per heavy atom. The molecular formula is C28H25Cl2N3O4. The molecule has 2 heterocycles. The first-order valence-electron chi connectivity index (χ1n) is 12.1. The highest BCUT2D eigenvalue weighted by molar-refractivity contribution is 6.35. The van der Waals surface area contributed by atoms with Crippen LogP contribution in [0.2, 0.25) is 10.0 Å². The molecule has 0 saturated heterocycles. The van der Waals surface area contributed by atoms with Gasteiger partial charge in [0.2, 0.25) is 5.88 Å². The van der Waals surface area contributed by atoms with Crippen LogP contribution in [0, 0.1) is 0 Å². The van der Waals surface area contributed by atoms with E-state index >= 15 is 0 Å². The van der Waals surface area contributed by atoms with E-state index in [-0.39, 0.29) is 29.2 Å². The van der Waals surface area contributed by atoms with Gasteiger partial charge in [-0.15, -0.1) is 0 Å². The molecule has 5 rings (SSSR count). The first kappa shape index (κ1) is 25.1. The second-order valence-electron chi connectivity index (χ2n) is 8.72. The number of benzene rings is 2. The molecule has 0 spiro atoms.